The van der Waals surface area contributed by atoms with E-state index in [1.807, 2.05) is 4.90 Å². The van der Waals surface area contributed by atoms with Crippen molar-refractivity contribution < 1.29 is 9.59 Å². The van der Waals surface area contributed by atoms with Crippen LogP contribution in [0.4, 0.5) is 0 Å². The molecule has 3 aliphatic rings. The van der Waals surface area contributed by atoms with Gasteiger partial charge in [-0.3, -0.25) is 9.59 Å². The van der Waals surface area contributed by atoms with Gasteiger partial charge in [0.2, 0.25) is 11.8 Å². The Morgan fingerprint density at radius 3 is 2.40 bits per heavy atom. The van der Waals surface area contributed by atoms with Crippen LogP contribution in [0.15, 0.2) is 30.3 Å². The summed E-state index contributed by atoms with van der Waals surface area (Å²) in [7, 11) is 0. The predicted molar refractivity (Wildman–Crippen MR) is 119 cm³/mol. The summed E-state index contributed by atoms with van der Waals surface area (Å²) in [6.07, 6.45) is 7.88. The second-order valence-corrected chi connectivity index (χ2v) is 9.91. The Hall–Kier alpha value is -1.88. The molecule has 2 aliphatic heterocycles. The molecule has 0 bridgehead atoms. The van der Waals surface area contributed by atoms with Crippen LogP contribution in [0.1, 0.15) is 64.4 Å². The Bertz CT molecular complexity index is 736. The van der Waals surface area contributed by atoms with E-state index in [1.165, 1.54) is 18.4 Å². The standard InChI is InChI=1S/C25H37N3O2/c1-19(2)18-22-23(29)28(21-11-12-21)25(24(30)26-22)13-16-27(17-14-25)15-7-6-10-20-8-4-3-5-9-20/h3-5,8-9,19,21-22H,6-7,10-18H2,1-2H3,(H,26,30)/t22-/m0/s1. The van der Waals surface area contributed by atoms with E-state index in [2.05, 4.69) is 54.4 Å². The normalized spacial score (nSPS) is 24.5. The third kappa shape index (κ3) is 4.56. The minimum Gasteiger partial charge on any atom is -0.342 e. The zero-order valence-electron chi connectivity index (χ0n) is 18.6. The van der Waals surface area contributed by atoms with E-state index in [-0.39, 0.29) is 23.9 Å². The fraction of sp³-hybridized carbons (Fsp3) is 0.680. The first-order chi connectivity index (χ1) is 14.5. The average molecular weight is 412 g/mol. The molecule has 1 saturated carbocycles. The van der Waals surface area contributed by atoms with Crippen LogP contribution in [0.5, 0.6) is 0 Å². The Morgan fingerprint density at radius 1 is 1.07 bits per heavy atom. The van der Waals surface area contributed by atoms with E-state index in [0.717, 1.165) is 58.2 Å². The lowest BCUT2D eigenvalue weighted by atomic mass is 9.80. The van der Waals surface area contributed by atoms with Crippen LogP contribution in [-0.4, -0.2) is 58.9 Å². The Kier molecular flexibility index (Phi) is 6.47. The summed E-state index contributed by atoms with van der Waals surface area (Å²) in [5.74, 6) is 0.664. The minimum absolute atomic E-state index is 0.100. The highest BCUT2D eigenvalue weighted by Crippen LogP contribution is 2.41. The highest BCUT2D eigenvalue weighted by Gasteiger charge is 2.57. The zero-order chi connectivity index (χ0) is 21.1. The van der Waals surface area contributed by atoms with Gasteiger partial charge in [0.1, 0.15) is 11.6 Å². The summed E-state index contributed by atoms with van der Waals surface area (Å²) in [6.45, 7) is 7.12. The van der Waals surface area contributed by atoms with Gasteiger partial charge in [0, 0.05) is 19.1 Å². The first-order valence-electron chi connectivity index (χ1n) is 11.9. The summed E-state index contributed by atoms with van der Waals surface area (Å²) in [5, 5.41) is 3.11. The lowest BCUT2D eigenvalue weighted by Crippen LogP contribution is -2.73. The van der Waals surface area contributed by atoms with Crippen LogP contribution in [0.25, 0.3) is 0 Å². The molecule has 2 saturated heterocycles. The number of likely N-dealkylation sites (tertiary alicyclic amines) is 1. The number of nitrogens with one attached hydrogen (secondary N) is 1. The number of piperidine rings is 1. The second kappa shape index (κ2) is 9.09. The van der Waals surface area contributed by atoms with Crippen molar-refractivity contribution in [3.05, 3.63) is 35.9 Å². The molecule has 30 heavy (non-hydrogen) atoms. The molecule has 3 fully saturated rings. The molecule has 0 unspecified atom stereocenters. The number of nitrogens with zero attached hydrogens (tertiary/aromatic N) is 2. The Balaban J connectivity index is 1.32. The van der Waals surface area contributed by atoms with Gasteiger partial charge in [0.15, 0.2) is 0 Å². The topological polar surface area (TPSA) is 52.7 Å². The lowest BCUT2D eigenvalue weighted by Gasteiger charge is -2.52. The van der Waals surface area contributed by atoms with Crippen LogP contribution in [0.2, 0.25) is 0 Å². The van der Waals surface area contributed by atoms with Gasteiger partial charge in [-0.1, -0.05) is 44.2 Å². The van der Waals surface area contributed by atoms with Crippen molar-refractivity contribution in [2.75, 3.05) is 19.6 Å². The molecule has 164 valence electrons. The Morgan fingerprint density at radius 2 is 1.77 bits per heavy atom. The quantitative estimate of drug-likeness (QED) is 0.667. The minimum atomic E-state index is -0.605. The summed E-state index contributed by atoms with van der Waals surface area (Å²) >= 11 is 0. The molecule has 1 N–H and O–H groups in total. The molecule has 1 aromatic rings. The SMILES string of the molecule is CC(C)C[C@@H]1NC(=O)C2(CCN(CCCCc3ccccc3)CC2)N(C2CC2)C1=O. The largest absolute Gasteiger partial charge is 0.342 e. The summed E-state index contributed by atoms with van der Waals surface area (Å²) in [5.41, 5.74) is 0.801. The molecule has 2 amide bonds. The van der Waals surface area contributed by atoms with Gasteiger partial charge in [-0.25, -0.2) is 0 Å². The molecule has 1 aromatic carbocycles. The number of piperazine rings is 1. The number of rotatable bonds is 8. The second-order valence-electron chi connectivity index (χ2n) is 9.91. The fourth-order valence-electron chi connectivity index (χ4n) is 5.26. The maximum absolute atomic E-state index is 13.3. The van der Waals surface area contributed by atoms with Crippen LogP contribution >= 0.6 is 0 Å². The maximum atomic E-state index is 13.3. The third-order valence-electron chi connectivity index (χ3n) is 7.06. The number of benzene rings is 1. The maximum Gasteiger partial charge on any atom is 0.246 e. The van der Waals surface area contributed by atoms with Gasteiger partial charge in [0.05, 0.1) is 0 Å². The molecule has 0 radical (unpaired) electrons. The molecular formula is C25H37N3O2. The monoisotopic (exact) mass is 411 g/mol. The molecule has 5 heteroatoms. The average Bonchev–Trinajstić information content (AvgIpc) is 3.56. The summed E-state index contributed by atoms with van der Waals surface area (Å²) < 4.78 is 0. The zero-order valence-corrected chi connectivity index (χ0v) is 18.6. The number of carbonyl (C=O) groups is 2. The van der Waals surface area contributed by atoms with Gasteiger partial charge >= 0.3 is 0 Å². The first kappa shape index (κ1) is 21.4. The molecule has 2 heterocycles. The van der Waals surface area contributed by atoms with Crippen molar-refractivity contribution in [3.8, 4) is 0 Å². The lowest BCUT2D eigenvalue weighted by molar-refractivity contribution is -0.162. The number of carbonyl (C=O) groups excluding carboxylic acids is 2. The van der Waals surface area contributed by atoms with Crippen LogP contribution in [-0.2, 0) is 16.0 Å². The summed E-state index contributed by atoms with van der Waals surface area (Å²) in [6, 6.07) is 10.6. The highest BCUT2D eigenvalue weighted by atomic mass is 16.2. The van der Waals surface area contributed by atoms with Crippen LogP contribution in [0, 0.1) is 5.92 Å². The smallest absolute Gasteiger partial charge is 0.246 e. The third-order valence-corrected chi connectivity index (χ3v) is 7.06. The number of aryl methyl sites for hydroxylation is 1. The molecule has 1 spiro atoms. The molecule has 5 nitrogen and oxygen atoms in total. The van der Waals surface area contributed by atoms with E-state index in [1.54, 1.807) is 0 Å². The van der Waals surface area contributed by atoms with Gasteiger partial charge < -0.3 is 15.1 Å². The van der Waals surface area contributed by atoms with Crippen LogP contribution < -0.4 is 5.32 Å². The fourth-order valence-corrected chi connectivity index (χ4v) is 5.26. The van der Waals surface area contributed by atoms with Crippen molar-refractivity contribution in [2.45, 2.75) is 82.8 Å². The van der Waals surface area contributed by atoms with Crippen molar-refractivity contribution in [2.24, 2.45) is 5.92 Å². The van der Waals surface area contributed by atoms with E-state index in [4.69, 9.17) is 0 Å². The van der Waals surface area contributed by atoms with Gasteiger partial charge in [0.25, 0.3) is 0 Å². The molecule has 1 aliphatic carbocycles. The highest BCUT2D eigenvalue weighted by molar-refractivity contribution is 6.00. The number of hydrogen-bond acceptors (Lipinski definition) is 3. The van der Waals surface area contributed by atoms with E-state index >= 15 is 0 Å². The predicted octanol–water partition coefficient (Wildman–Crippen LogP) is 3.38. The van der Waals surface area contributed by atoms with Crippen molar-refractivity contribution >= 4 is 11.8 Å². The van der Waals surface area contributed by atoms with Gasteiger partial charge in [-0.05, 0) is 69.4 Å². The van der Waals surface area contributed by atoms with Crippen molar-refractivity contribution in [1.29, 1.82) is 0 Å². The molecule has 1 atom stereocenters. The number of unbranched alkanes of at least 4 members (excludes halogenated alkanes) is 1. The van der Waals surface area contributed by atoms with Gasteiger partial charge in [-0.2, -0.15) is 0 Å². The van der Waals surface area contributed by atoms with Gasteiger partial charge in [-0.15, -0.1) is 0 Å². The summed E-state index contributed by atoms with van der Waals surface area (Å²) in [4.78, 5) is 31.1. The number of hydrogen-bond donors (Lipinski definition) is 1. The van der Waals surface area contributed by atoms with Crippen LogP contribution in [0.3, 0.4) is 0 Å². The van der Waals surface area contributed by atoms with E-state index < -0.39 is 5.54 Å². The first-order valence-corrected chi connectivity index (χ1v) is 11.9. The Labute approximate surface area is 181 Å². The number of amides is 2. The molecule has 4 rings (SSSR count). The van der Waals surface area contributed by atoms with E-state index in [9.17, 15) is 9.59 Å². The van der Waals surface area contributed by atoms with E-state index in [0.29, 0.717) is 5.92 Å². The molecule has 0 aromatic heterocycles. The molecular weight excluding hydrogens is 374 g/mol. The van der Waals surface area contributed by atoms with Crippen molar-refractivity contribution in [3.63, 3.8) is 0 Å². The van der Waals surface area contributed by atoms with Crippen molar-refractivity contribution in [1.82, 2.24) is 15.1 Å².